The minimum absolute atomic E-state index is 0.0550. The van der Waals surface area contributed by atoms with Crippen LogP contribution in [0.2, 0.25) is 0 Å². The van der Waals surface area contributed by atoms with E-state index >= 15 is 0 Å². The molecule has 0 spiro atoms. The molecule has 1 atom stereocenters. The summed E-state index contributed by atoms with van der Waals surface area (Å²) in [5, 5.41) is 3.53. The first kappa shape index (κ1) is 13.4. The summed E-state index contributed by atoms with van der Waals surface area (Å²) in [6.07, 6.45) is 2.44. The Labute approximate surface area is 117 Å². The van der Waals surface area contributed by atoms with Gasteiger partial charge in [0, 0.05) is 22.9 Å². The van der Waals surface area contributed by atoms with Gasteiger partial charge in [0.05, 0.1) is 0 Å². The molecule has 0 aliphatic carbocycles. The lowest BCUT2D eigenvalue weighted by molar-refractivity contribution is 0.0953. The summed E-state index contributed by atoms with van der Waals surface area (Å²) >= 11 is 6.84. The largest absolute Gasteiger partial charge is 0.389 e. The summed E-state index contributed by atoms with van der Waals surface area (Å²) < 4.78 is 0. The normalized spacial score (nSPS) is 18.6. The van der Waals surface area contributed by atoms with Gasteiger partial charge in [-0.3, -0.25) is 4.79 Å². The molecule has 3 N–H and O–H groups in total. The van der Waals surface area contributed by atoms with E-state index in [1.807, 2.05) is 17.8 Å². The summed E-state index contributed by atoms with van der Waals surface area (Å²) in [6, 6.07) is 7.12. The molecule has 1 unspecified atom stereocenters. The maximum absolute atomic E-state index is 12.0. The van der Waals surface area contributed by atoms with E-state index in [2.05, 4.69) is 5.32 Å². The number of nitrogens with one attached hydrogen (secondary N) is 1. The van der Waals surface area contributed by atoms with Crippen molar-refractivity contribution in [1.29, 1.82) is 0 Å². The minimum Gasteiger partial charge on any atom is -0.389 e. The Balaban J connectivity index is 1.95. The zero-order valence-corrected chi connectivity index (χ0v) is 11.7. The standard InChI is InChI=1S/C13H16N2OS2/c14-12(17)9-3-1-4-10(7-9)13(16)15-8-11-5-2-6-18-11/h1,3-4,7,11H,2,5-6,8H2,(H2,14,17)(H,15,16). The van der Waals surface area contributed by atoms with Crippen LogP contribution in [0.15, 0.2) is 24.3 Å². The molecule has 1 amide bonds. The monoisotopic (exact) mass is 280 g/mol. The van der Waals surface area contributed by atoms with Crippen molar-refractivity contribution in [1.82, 2.24) is 5.32 Å². The zero-order valence-electron chi connectivity index (χ0n) is 10.0. The molecule has 5 heteroatoms. The van der Waals surface area contributed by atoms with Gasteiger partial charge in [0.2, 0.25) is 0 Å². The molecule has 1 aliphatic rings. The van der Waals surface area contributed by atoms with Gasteiger partial charge in [-0.2, -0.15) is 11.8 Å². The third-order valence-corrected chi connectivity index (χ3v) is 4.56. The van der Waals surface area contributed by atoms with Crippen LogP contribution in [0.25, 0.3) is 0 Å². The van der Waals surface area contributed by atoms with E-state index in [4.69, 9.17) is 18.0 Å². The Hall–Kier alpha value is -1.07. The first-order valence-corrected chi connectivity index (χ1v) is 7.42. The van der Waals surface area contributed by atoms with Crippen molar-refractivity contribution in [2.45, 2.75) is 18.1 Å². The molecule has 1 fully saturated rings. The van der Waals surface area contributed by atoms with Crippen molar-refractivity contribution in [3.05, 3.63) is 35.4 Å². The number of hydrogen-bond acceptors (Lipinski definition) is 3. The van der Waals surface area contributed by atoms with Gasteiger partial charge in [-0.1, -0.05) is 24.4 Å². The SMILES string of the molecule is NC(=S)c1cccc(C(=O)NCC2CCCS2)c1. The van der Waals surface area contributed by atoms with E-state index in [9.17, 15) is 4.79 Å². The predicted octanol–water partition coefficient (Wildman–Crippen LogP) is 1.95. The Bertz CT molecular complexity index is 456. The highest BCUT2D eigenvalue weighted by Gasteiger charge is 2.16. The van der Waals surface area contributed by atoms with Crippen LogP contribution in [0.4, 0.5) is 0 Å². The molecule has 0 bridgehead atoms. The fourth-order valence-electron chi connectivity index (χ4n) is 1.93. The molecule has 1 saturated heterocycles. The highest BCUT2D eigenvalue weighted by molar-refractivity contribution is 8.00. The Morgan fingerprint density at radius 3 is 2.94 bits per heavy atom. The fourth-order valence-corrected chi connectivity index (χ4v) is 3.26. The minimum atomic E-state index is -0.0550. The molecule has 0 saturated carbocycles. The van der Waals surface area contributed by atoms with Crippen LogP contribution >= 0.6 is 24.0 Å². The van der Waals surface area contributed by atoms with Gasteiger partial charge in [0.1, 0.15) is 4.99 Å². The van der Waals surface area contributed by atoms with Gasteiger partial charge in [-0.25, -0.2) is 0 Å². The predicted molar refractivity (Wildman–Crippen MR) is 80.1 cm³/mol. The highest BCUT2D eigenvalue weighted by Crippen LogP contribution is 2.25. The van der Waals surface area contributed by atoms with E-state index < -0.39 is 0 Å². The number of thiocarbonyl (C=S) groups is 1. The van der Waals surface area contributed by atoms with E-state index in [1.165, 1.54) is 18.6 Å². The number of rotatable bonds is 4. The summed E-state index contributed by atoms with van der Waals surface area (Å²) in [5.74, 6) is 1.15. The van der Waals surface area contributed by atoms with Crippen molar-refractivity contribution in [3.63, 3.8) is 0 Å². The quantitative estimate of drug-likeness (QED) is 0.828. The third-order valence-electron chi connectivity index (χ3n) is 2.92. The van der Waals surface area contributed by atoms with Gasteiger partial charge < -0.3 is 11.1 Å². The van der Waals surface area contributed by atoms with Crippen molar-refractivity contribution in [2.75, 3.05) is 12.3 Å². The molecule has 1 aromatic carbocycles. The van der Waals surface area contributed by atoms with Gasteiger partial charge in [0.25, 0.3) is 5.91 Å². The molecule has 18 heavy (non-hydrogen) atoms. The van der Waals surface area contributed by atoms with Crippen LogP contribution in [0.5, 0.6) is 0 Å². The molecule has 0 aromatic heterocycles. The maximum atomic E-state index is 12.0. The van der Waals surface area contributed by atoms with Crippen LogP contribution in [0.1, 0.15) is 28.8 Å². The van der Waals surface area contributed by atoms with E-state index in [1.54, 1.807) is 18.2 Å². The number of benzene rings is 1. The van der Waals surface area contributed by atoms with Crippen molar-refractivity contribution >= 4 is 34.9 Å². The topological polar surface area (TPSA) is 55.1 Å². The molecular formula is C13H16N2OS2. The Morgan fingerprint density at radius 2 is 2.28 bits per heavy atom. The molecule has 1 heterocycles. The first-order valence-electron chi connectivity index (χ1n) is 5.96. The van der Waals surface area contributed by atoms with Crippen LogP contribution in [0.3, 0.4) is 0 Å². The lowest BCUT2D eigenvalue weighted by atomic mass is 10.1. The molecule has 2 rings (SSSR count). The summed E-state index contributed by atoms with van der Waals surface area (Å²) in [6.45, 7) is 0.737. The fraction of sp³-hybridized carbons (Fsp3) is 0.385. The molecule has 1 aromatic rings. The summed E-state index contributed by atoms with van der Waals surface area (Å²) in [4.78, 5) is 12.3. The average molecular weight is 280 g/mol. The Morgan fingerprint density at radius 1 is 1.50 bits per heavy atom. The zero-order chi connectivity index (χ0) is 13.0. The lowest BCUT2D eigenvalue weighted by Crippen LogP contribution is -2.29. The number of carbonyl (C=O) groups is 1. The van der Waals surface area contributed by atoms with Gasteiger partial charge >= 0.3 is 0 Å². The number of amides is 1. The molecular weight excluding hydrogens is 264 g/mol. The molecule has 3 nitrogen and oxygen atoms in total. The molecule has 96 valence electrons. The van der Waals surface area contributed by atoms with Crippen molar-refractivity contribution < 1.29 is 4.79 Å². The number of nitrogens with two attached hydrogens (primary N) is 1. The van der Waals surface area contributed by atoms with Gasteiger partial charge in [-0.05, 0) is 30.7 Å². The molecule has 1 aliphatic heterocycles. The second-order valence-electron chi connectivity index (χ2n) is 4.29. The molecule has 0 radical (unpaired) electrons. The maximum Gasteiger partial charge on any atom is 0.251 e. The summed E-state index contributed by atoms with van der Waals surface area (Å²) in [7, 11) is 0. The summed E-state index contributed by atoms with van der Waals surface area (Å²) in [5.41, 5.74) is 6.90. The van der Waals surface area contributed by atoms with Gasteiger partial charge in [-0.15, -0.1) is 0 Å². The van der Waals surface area contributed by atoms with E-state index in [0.717, 1.165) is 12.1 Å². The smallest absolute Gasteiger partial charge is 0.251 e. The van der Waals surface area contributed by atoms with Crippen molar-refractivity contribution in [3.8, 4) is 0 Å². The number of carbonyl (C=O) groups excluding carboxylic acids is 1. The van der Waals surface area contributed by atoms with Crippen LogP contribution in [0, 0.1) is 0 Å². The second kappa shape index (κ2) is 6.20. The van der Waals surface area contributed by atoms with Crippen molar-refractivity contribution in [2.24, 2.45) is 5.73 Å². The second-order valence-corrected chi connectivity index (χ2v) is 6.14. The van der Waals surface area contributed by atoms with Gasteiger partial charge in [0.15, 0.2) is 0 Å². The first-order chi connectivity index (χ1) is 8.66. The van der Waals surface area contributed by atoms with Crippen LogP contribution < -0.4 is 11.1 Å². The number of hydrogen-bond donors (Lipinski definition) is 2. The third kappa shape index (κ3) is 3.46. The van der Waals surface area contributed by atoms with E-state index in [0.29, 0.717) is 15.8 Å². The number of thioether (sulfide) groups is 1. The van der Waals surface area contributed by atoms with Crippen LogP contribution in [-0.4, -0.2) is 28.4 Å². The lowest BCUT2D eigenvalue weighted by Gasteiger charge is -2.10. The highest BCUT2D eigenvalue weighted by atomic mass is 32.2. The Kier molecular flexibility index (Phi) is 4.60. The van der Waals surface area contributed by atoms with Crippen LogP contribution in [-0.2, 0) is 0 Å². The van der Waals surface area contributed by atoms with E-state index in [-0.39, 0.29) is 5.91 Å². The average Bonchev–Trinajstić information content (AvgIpc) is 2.89.